The van der Waals surface area contributed by atoms with Crippen LogP contribution in [0.3, 0.4) is 0 Å². The van der Waals surface area contributed by atoms with Crippen molar-refractivity contribution in [1.82, 2.24) is 14.9 Å². The Morgan fingerprint density at radius 1 is 1.07 bits per heavy atom. The summed E-state index contributed by atoms with van der Waals surface area (Å²) in [5.41, 5.74) is 2.32. The number of hydrogen-bond donors (Lipinski definition) is 1. The van der Waals surface area contributed by atoms with E-state index in [0.717, 1.165) is 29.3 Å². The first-order valence-corrected chi connectivity index (χ1v) is 10.2. The van der Waals surface area contributed by atoms with Gasteiger partial charge < -0.3 is 9.88 Å². The molecule has 6 heteroatoms. The lowest BCUT2D eigenvalue weighted by molar-refractivity contribution is -0.121. The second-order valence-corrected chi connectivity index (χ2v) is 7.84. The predicted molar refractivity (Wildman–Crippen MR) is 111 cm³/mol. The lowest BCUT2D eigenvalue weighted by Crippen LogP contribution is -2.22. The highest BCUT2D eigenvalue weighted by atomic mass is 35.5. The summed E-state index contributed by atoms with van der Waals surface area (Å²) in [6, 6.07) is 16.1. The van der Waals surface area contributed by atoms with E-state index in [-0.39, 0.29) is 5.91 Å². The molecular formula is C21H22ClN3OS. The molecule has 3 rings (SSSR count). The lowest BCUT2D eigenvalue weighted by atomic mass is 10.1. The van der Waals surface area contributed by atoms with Gasteiger partial charge in [0.1, 0.15) is 0 Å². The summed E-state index contributed by atoms with van der Waals surface area (Å²) in [4.78, 5) is 17.2. The van der Waals surface area contributed by atoms with E-state index in [4.69, 9.17) is 11.6 Å². The normalized spacial score (nSPS) is 10.7. The zero-order valence-corrected chi connectivity index (χ0v) is 16.5. The molecule has 0 bridgehead atoms. The Labute approximate surface area is 169 Å². The Balaban J connectivity index is 1.33. The van der Waals surface area contributed by atoms with E-state index in [2.05, 4.69) is 34.6 Å². The molecule has 0 aliphatic rings. The van der Waals surface area contributed by atoms with Gasteiger partial charge in [-0.2, -0.15) is 0 Å². The zero-order chi connectivity index (χ0) is 18.9. The van der Waals surface area contributed by atoms with Crippen LogP contribution in [0.2, 0.25) is 5.02 Å². The topological polar surface area (TPSA) is 46.9 Å². The molecule has 3 aromatic rings. The van der Waals surface area contributed by atoms with Crippen molar-refractivity contribution in [3.8, 4) is 0 Å². The fourth-order valence-corrected chi connectivity index (χ4v) is 3.58. The number of aromatic nitrogens is 2. The Morgan fingerprint density at radius 3 is 2.52 bits per heavy atom. The molecule has 0 aliphatic carbocycles. The second-order valence-electron chi connectivity index (χ2n) is 6.23. The number of halogens is 1. The van der Waals surface area contributed by atoms with Gasteiger partial charge in [-0.15, -0.1) is 11.8 Å². The van der Waals surface area contributed by atoms with Gasteiger partial charge in [0.05, 0.1) is 6.33 Å². The molecule has 0 fully saturated rings. The summed E-state index contributed by atoms with van der Waals surface area (Å²) >= 11 is 7.62. The van der Waals surface area contributed by atoms with E-state index in [1.807, 2.05) is 35.0 Å². The van der Waals surface area contributed by atoms with Crippen molar-refractivity contribution in [1.29, 1.82) is 0 Å². The van der Waals surface area contributed by atoms with Crippen LogP contribution in [0.15, 0.2) is 72.1 Å². The number of hydrogen-bond acceptors (Lipinski definition) is 3. The van der Waals surface area contributed by atoms with Gasteiger partial charge in [0.25, 0.3) is 0 Å². The van der Waals surface area contributed by atoms with Gasteiger partial charge in [-0.25, -0.2) is 4.98 Å². The Morgan fingerprint density at radius 2 is 1.81 bits per heavy atom. The maximum absolute atomic E-state index is 12.0. The summed E-state index contributed by atoms with van der Waals surface area (Å²) in [6.45, 7) is 1.37. The van der Waals surface area contributed by atoms with Crippen LogP contribution in [-0.4, -0.2) is 21.2 Å². The molecule has 0 saturated heterocycles. The van der Waals surface area contributed by atoms with E-state index in [1.165, 1.54) is 10.5 Å². The number of carbonyl (C=O) groups is 1. The van der Waals surface area contributed by atoms with Crippen molar-refractivity contribution < 1.29 is 4.79 Å². The van der Waals surface area contributed by atoms with Crippen molar-refractivity contribution in [2.24, 2.45) is 0 Å². The molecule has 0 atom stereocenters. The first-order valence-electron chi connectivity index (χ1n) is 8.88. The third kappa shape index (κ3) is 6.77. The number of imidazole rings is 1. The maximum Gasteiger partial charge on any atom is 0.220 e. The molecule has 1 N–H and O–H groups in total. The minimum Gasteiger partial charge on any atom is -0.352 e. The number of amides is 1. The monoisotopic (exact) mass is 399 g/mol. The molecule has 2 aromatic carbocycles. The quantitative estimate of drug-likeness (QED) is 0.416. The van der Waals surface area contributed by atoms with Crippen molar-refractivity contribution in [3.05, 3.63) is 83.4 Å². The molecule has 1 aromatic heterocycles. The highest BCUT2D eigenvalue weighted by Crippen LogP contribution is 2.21. The second kappa shape index (κ2) is 10.2. The first-order chi connectivity index (χ1) is 13.2. The van der Waals surface area contributed by atoms with Crippen molar-refractivity contribution >= 4 is 29.3 Å². The maximum atomic E-state index is 12.0. The van der Waals surface area contributed by atoms with Gasteiger partial charge in [-0.05, 0) is 47.6 Å². The molecule has 0 spiro atoms. The first kappa shape index (κ1) is 19.5. The fourth-order valence-electron chi connectivity index (χ4n) is 2.60. The van der Waals surface area contributed by atoms with E-state index in [1.54, 1.807) is 24.3 Å². The van der Waals surface area contributed by atoms with Gasteiger partial charge in [0, 0.05) is 41.8 Å². The van der Waals surface area contributed by atoms with Crippen molar-refractivity contribution in [2.75, 3.05) is 5.75 Å². The van der Waals surface area contributed by atoms with Crippen LogP contribution in [0.25, 0.3) is 0 Å². The van der Waals surface area contributed by atoms with Crippen LogP contribution in [0.1, 0.15) is 24.0 Å². The largest absolute Gasteiger partial charge is 0.352 e. The standard InChI is InChI=1S/C21H22ClN3OS/c22-19-7-9-20(10-8-19)27-13-1-2-21(26)24-14-17-3-5-18(6-4-17)15-25-12-11-23-16-25/h3-12,16H,1-2,13-15H2,(H,24,26). The molecule has 27 heavy (non-hydrogen) atoms. The summed E-state index contributed by atoms with van der Waals surface area (Å²) in [5, 5.41) is 3.73. The molecule has 140 valence electrons. The average Bonchev–Trinajstić information content (AvgIpc) is 3.19. The molecule has 4 nitrogen and oxygen atoms in total. The van der Waals surface area contributed by atoms with Crippen LogP contribution in [0.5, 0.6) is 0 Å². The van der Waals surface area contributed by atoms with Crippen LogP contribution >= 0.6 is 23.4 Å². The number of benzene rings is 2. The minimum atomic E-state index is 0.0919. The number of nitrogens with one attached hydrogen (secondary N) is 1. The van der Waals surface area contributed by atoms with E-state index in [0.29, 0.717) is 13.0 Å². The molecule has 1 amide bonds. The van der Waals surface area contributed by atoms with Gasteiger partial charge in [0.2, 0.25) is 5.91 Å². The van der Waals surface area contributed by atoms with Crippen molar-refractivity contribution in [2.45, 2.75) is 30.8 Å². The predicted octanol–water partition coefficient (Wildman–Crippen LogP) is 4.77. The Hall–Kier alpha value is -2.24. The summed E-state index contributed by atoms with van der Waals surface area (Å²) in [7, 11) is 0. The summed E-state index contributed by atoms with van der Waals surface area (Å²) in [6.07, 6.45) is 6.92. The fraction of sp³-hybridized carbons (Fsp3) is 0.238. The van der Waals surface area contributed by atoms with Crippen molar-refractivity contribution in [3.63, 3.8) is 0 Å². The molecule has 0 radical (unpaired) electrons. The van der Waals surface area contributed by atoms with Gasteiger partial charge >= 0.3 is 0 Å². The van der Waals surface area contributed by atoms with Gasteiger partial charge in [-0.1, -0.05) is 35.9 Å². The van der Waals surface area contributed by atoms with Gasteiger partial charge in [-0.3, -0.25) is 4.79 Å². The van der Waals surface area contributed by atoms with Crippen LogP contribution in [0, 0.1) is 0 Å². The highest BCUT2D eigenvalue weighted by molar-refractivity contribution is 7.99. The lowest BCUT2D eigenvalue weighted by Gasteiger charge is -2.07. The number of carbonyl (C=O) groups excluding carboxylic acids is 1. The molecule has 0 aliphatic heterocycles. The SMILES string of the molecule is O=C(CCCSc1ccc(Cl)cc1)NCc1ccc(Cn2ccnc2)cc1. The third-order valence-electron chi connectivity index (χ3n) is 4.07. The highest BCUT2D eigenvalue weighted by Gasteiger charge is 2.03. The third-order valence-corrected chi connectivity index (χ3v) is 5.42. The summed E-state index contributed by atoms with van der Waals surface area (Å²) < 4.78 is 2.03. The van der Waals surface area contributed by atoms with Crippen LogP contribution < -0.4 is 5.32 Å². The Bertz CT molecular complexity index is 833. The molecular weight excluding hydrogens is 378 g/mol. The molecule has 0 unspecified atom stereocenters. The number of rotatable bonds is 9. The van der Waals surface area contributed by atoms with E-state index in [9.17, 15) is 4.79 Å². The molecule has 0 saturated carbocycles. The minimum absolute atomic E-state index is 0.0919. The van der Waals surface area contributed by atoms with E-state index >= 15 is 0 Å². The average molecular weight is 400 g/mol. The summed E-state index contributed by atoms with van der Waals surface area (Å²) in [5.74, 6) is 1.01. The van der Waals surface area contributed by atoms with Crippen LogP contribution in [0.4, 0.5) is 0 Å². The van der Waals surface area contributed by atoms with Gasteiger partial charge in [0.15, 0.2) is 0 Å². The zero-order valence-electron chi connectivity index (χ0n) is 15.0. The smallest absolute Gasteiger partial charge is 0.220 e. The number of thioether (sulfide) groups is 1. The van der Waals surface area contributed by atoms with E-state index < -0.39 is 0 Å². The molecule has 1 heterocycles. The number of nitrogens with zero attached hydrogens (tertiary/aromatic N) is 2. The Kier molecular flexibility index (Phi) is 7.36. The van der Waals surface area contributed by atoms with Crippen LogP contribution in [-0.2, 0) is 17.9 Å².